The first kappa shape index (κ1) is 25.5. The van der Waals surface area contributed by atoms with Gasteiger partial charge in [0, 0.05) is 12.5 Å². The Morgan fingerprint density at radius 1 is 0.971 bits per heavy atom. The van der Waals surface area contributed by atoms with E-state index in [1.54, 1.807) is 36.4 Å². The molecule has 2 amide bonds. The van der Waals surface area contributed by atoms with Crippen LogP contribution in [0.1, 0.15) is 22.5 Å². The molecule has 0 radical (unpaired) electrons. The van der Waals surface area contributed by atoms with Gasteiger partial charge >= 0.3 is 5.97 Å². The largest absolute Gasteiger partial charge is 0.480 e. The van der Waals surface area contributed by atoms with E-state index in [4.69, 9.17) is 4.42 Å². The number of aliphatic carboxylic acids is 1. The van der Waals surface area contributed by atoms with Crippen LogP contribution >= 0.6 is 12.6 Å². The molecule has 0 aliphatic rings. The second-order valence-corrected chi connectivity index (χ2v) is 8.01. The molecular formula is C24H23N3O7S. The molecule has 1 aromatic heterocycles. The number of carboxylic acids is 1. The van der Waals surface area contributed by atoms with E-state index in [0.29, 0.717) is 0 Å². The highest BCUT2D eigenvalue weighted by Crippen LogP contribution is 2.30. The Hall–Kier alpha value is -4.12. The number of carboxylic acid groups (broad SMARTS) is 1. The van der Waals surface area contributed by atoms with Gasteiger partial charge in [-0.15, -0.1) is 0 Å². The number of para-hydroxylation sites is 1. The van der Waals surface area contributed by atoms with Crippen LogP contribution in [-0.2, 0) is 16.0 Å². The first-order valence-corrected chi connectivity index (χ1v) is 11.3. The predicted octanol–water partition coefficient (Wildman–Crippen LogP) is 3.09. The minimum absolute atomic E-state index is 0.0703. The third kappa shape index (κ3) is 6.70. The lowest BCUT2D eigenvalue weighted by atomic mass is 10.1. The Morgan fingerprint density at radius 2 is 1.66 bits per heavy atom. The molecule has 2 atom stereocenters. The summed E-state index contributed by atoms with van der Waals surface area (Å²) in [6.45, 7) is 0. The monoisotopic (exact) mass is 497 g/mol. The number of hydrogen-bond donors (Lipinski definition) is 4. The number of carbonyl (C=O) groups is 3. The number of rotatable bonds is 11. The van der Waals surface area contributed by atoms with E-state index in [0.717, 1.165) is 5.56 Å². The lowest BCUT2D eigenvalue weighted by Crippen LogP contribution is -2.52. The van der Waals surface area contributed by atoms with E-state index in [1.807, 2.05) is 0 Å². The summed E-state index contributed by atoms with van der Waals surface area (Å²) in [4.78, 5) is 48.0. The topological polar surface area (TPSA) is 152 Å². The molecule has 0 saturated carbocycles. The molecule has 2 aromatic carbocycles. The van der Waals surface area contributed by atoms with Gasteiger partial charge in [0.25, 0.3) is 11.6 Å². The Bertz CT molecular complexity index is 1210. The van der Waals surface area contributed by atoms with Crippen LogP contribution in [0.25, 0.3) is 11.3 Å². The van der Waals surface area contributed by atoms with Crippen LogP contribution in [0.15, 0.2) is 71.1 Å². The lowest BCUT2D eigenvalue weighted by molar-refractivity contribution is -0.384. The van der Waals surface area contributed by atoms with Crippen molar-refractivity contribution < 1.29 is 28.8 Å². The van der Waals surface area contributed by atoms with Crippen molar-refractivity contribution in [3.05, 3.63) is 88.2 Å². The number of benzene rings is 2. The summed E-state index contributed by atoms with van der Waals surface area (Å²) in [7, 11) is 0. The van der Waals surface area contributed by atoms with E-state index in [-0.39, 0.29) is 41.4 Å². The van der Waals surface area contributed by atoms with Crippen LogP contribution in [0.4, 0.5) is 5.69 Å². The van der Waals surface area contributed by atoms with Gasteiger partial charge in [-0.25, -0.2) is 4.79 Å². The van der Waals surface area contributed by atoms with Crippen LogP contribution in [0.5, 0.6) is 0 Å². The number of nitrogens with zero attached hydrogens (tertiary/aromatic N) is 1. The zero-order chi connectivity index (χ0) is 25.4. The maximum atomic E-state index is 12.8. The van der Waals surface area contributed by atoms with Crippen LogP contribution in [0, 0.1) is 10.1 Å². The first-order valence-electron chi connectivity index (χ1n) is 10.6. The third-order valence-electron chi connectivity index (χ3n) is 5.13. The maximum absolute atomic E-state index is 12.8. The molecule has 0 bridgehead atoms. The van der Waals surface area contributed by atoms with Crippen LogP contribution in [0.2, 0.25) is 0 Å². The van der Waals surface area contributed by atoms with Gasteiger partial charge in [0.2, 0.25) is 5.91 Å². The zero-order valence-corrected chi connectivity index (χ0v) is 19.3. The van der Waals surface area contributed by atoms with Crippen molar-refractivity contribution in [3.8, 4) is 11.3 Å². The zero-order valence-electron chi connectivity index (χ0n) is 18.4. The van der Waals surface area contributed by atoms with Crippen molar-refractivity contribution >= 4 is 36.1 Å². The molecule has 3 rings (SSSR count). The van der Waals surface area contributed by atoms with Crippen molar-refractivity contribution in [2.45, 2.75) is 24.9 Å². The van der Waals surface area contributed by atoms with Gasteiger partial charge in [-0.1, -0.05) is 42.5 Å². The highest BCUT2D eigenvalue weighted by molar-refractivity contribution is 7.80. The molecule has 0 saturated heterocycles. The summed E-state index contributed by atoms with van der Waals surface area (Å²) in [5.74, 6) is -2.42. The molecular weight excluding hydrogens is 474 g/mol. The third-order valence-corrected chi connectivity index (χ3v) is 5.39. The Kier molecular flexibility index (Phi) is 8.63. The summed E-state index contributed by atoms with van der Waals surface area (Å²) in [6.07, 6.45) is 0.205. The lowest BCUT2D eigenvalue weighted by Gasteiger charge is -2.21. The second kappa shape index (κ2) is 11.8. The van der Waals surface area contributed by atoms with Crippen molar-refractivity contribution in [1.82, 2.24) is 10.6 Å². The van der Waals surface area contributed by atoms with Crippen LogP contribution in [0.3, 0.4) is 0 Å². The van der Waals surface area contributed by atoms with Gasteiger partial charge in [-0.05, 0) is 35.9 Å². The first-order chi connectivity index (χ1) is 16.8. The highest BCUT2D eigenvalue weighted by Gasteiger charge is 2.28. The Morgan fingerprint density at radius 3 is 2.31 bits per heavy atom. The molecule has 0 aliphatic heterocycles. The van der Waals surface area contributed by atoms with E-state index in [2.05, 4.69) is 23.3 Å². The summed E-state index contributed by atoms with van der Waals surface area (Å²) in [6, 6.07) is 15.3. The fraction of sp³-hybridized carbons (Fsp3) is 0.208. The quantitative estimate of drug-likeness (QED) is 0.180. The fourth-order valence-corrected chi connectivity index (χ4v) is 3.65. The predicted molar refractivity (Wildman–Crippen MR) is 130 cm³/mol. The van der Waals surface area contributed by atoms with Crippen molar-refractivity contribution in [2.24, 2.45) is 0 Å². The van der Waals surface area contributed by atoms with Gasteiger partial charge in [0.1, 0.15) is 17.8 Å². The number of hydrogen-bond acceptors (Lipinski definition) is 7. The van der Waals surface area contributed by atoms with Crippen molar-refractivity contribution in [3.63, 3.8) is 0 Å². The number of thiol groups is 1. The van der Waals surface area contributed by atoms with Crippen LogP contribution in [-0.4, -0.2) is 45.7 Å². The van der Waals surface area contributed by atoms with Crippen LogP contribution < -0.4 is 10.6 Å². The smallest absolute Gasteiger partial charge is 0.326 e. The number of nitrogens with one attached hydrogen (secondary N) is 2. The molecule has 35 heavy (non-hydrogen) atoms. The number of furan rings is 1. The van der Waals surface area contributed by atoms with Crippen molar-refractivity contribution in [2.75, 3.05) is 5.75 Å². The molecule has 0 fully saturated rings. The van der Waals surface area contributed by atoms with E-state index in [9.17, 15) is 29.6 Å². The Labute approximate surface area is 205 Å². The molecule has 182 valence electrons. The number of nitro benzene ring substituents is 1. The molecule has 0 spiro atoms. The fourth-order valence-electron chi connectivity index (χ4n) is 3.40. The minimum atomic E-state index is -1.21. The molecule has 11 heteroatoms. The number of nitro groups is 1. The minimum Gasteiger partial charge on any atom is -0.480 e. The molecule has 1 heterocycles. The average molecular weight is 498 g/mol. The molecule has 3 aromatic rings. The Balaban J connectivity index is 1.72. The standard InChI is InChI=1S/C24H23N3O7S/c28-22(26-18(24(30)31)14-15-6-2-1-3-7-15)17(12-13-35)25-23(29)21-11-10-20(34-21)16-8-4-5-9-19(16)27(32)33/h1-11,17-18,35H,12-14H2,(H,25,29)(H,26,28)(H,30,31)/t17?,18-/m1/s1. The van der Waals surface area contributed by atoms with E-state index in [1.165, 1.54) is 30.3 Å². The highest BCUT2D eigenvalue weighted by atomic mass is 32.1. The van der Waals surface area contributed by atoms with E-state index >= 15 is 0 Å². The van der Waals surface area contributed by atoms with Crippen molar-refractivity contribution in [1.29, 1.82) is 0 Å². The van der Waals surface area contributed by atoms with Gasteiger partial charge in [0.05, 0.1) is 10.5 Å². The summed E-state index contributed by atoms with van der Waals surface area (Å²) in [5, 5.41) is 25.8. The summed E-state index contributed by atoms with van der Waals surface area (Å²) < 4.78 is 5.52. The molecule has 10 nitrogen and oxygen atoms in total. The number of amides is 2. The van der Waals surface area contributed by atoms with Gasteiger partial charge in [-0.3, -0.25) is 19.7 Å². The summed E-state index contributed by atoms with van der Waals surface area (Å²) in [5.41, 5.74) is 0.749. The molecule has 0 aliphatic carbocycles. The molecule has 3 N–H and O–H groups in total. The van der Waals surface area contributed by atoms with Gasteiger partial charge < -0.3 is 20.2 Å². The summed E-state index contributed by atoms with van der Waals surface area (Å²) >= 11 is 4.12. The van der Waals surface area contributed by atoms with E-state index < -0.39 is 34.8 Å². The normalized spacial score (nSPS) is 12.4. The van der Waals surface area contributed by atoms with Gasteiger partial charge in [-0.2, -0.15) is 12.6 Å². The maximum Gasteiger partial charge on any atom is 0.326 e. The molecule has 1 unspecified atom stereocenters. The average Bonchev–Trinajstić information content (AvgIpc) is 3.34. The second-order valence-electron chi connectivity index (χ2n) is 7.57. The van der Waals surface area contributed by atoms with Gasteiger partial charge in [0.15, 0.2) is 5.76 Å². The SMILES string of the molecule is O=C(NC(CCS)C(=O)N[C@H](Cc1ccccc1)C(=O)O)c1ccc(-c2ccccc2[N+](=O)[O-])o1. The number of carbonyl (C=O) groups excluding carboxylic acids is 2.